The summed E-state index contributed by atoms with van der Waals surface area (Å²) in [4.78, 5) is 5.43. The van der Waals surface area contributed by atoms with Crippen molar-refractivity contribution in [3.05, 3.63) is 130 Å². The summed E-state index contributed by atoms with van der Waals surface area (Å²) < 4.78 is 1.42. The molecule has 2 heteroatoms. The zero-order valence-electron chi connectivity index (χ0n) is 21.6. The molecule has 0 aliphatic heterocycles. The van der Waals surface area contributed by atoms with E-state index in [1.165, 1.54) is 33.4 Å². The monoisotopic (exact) mass is 651 g/mol. The first kappa shape index (κ1) is 24.4. The summed E-state index contributed by atoms with van der Waals surface area (Å²) in [6.45, 7) is 4.87. The standard InChI is InChI=1S/2C16H13.2CH3.Sn.Zr.H/c2*1-12-10-14-8-5-9-15(16(14)11-12)13-6-3-2-4-7-13;;;;;/h2*2-11H,1H3;2*1H3;;;. The molecule has 0 spiro atoms. The van der Waals surface area contributed by atoms with E-state index in [0.29, 0.717) is 7.25 Å². The van der Waals surface area contributed by atoms with Crippen LogP contribution in [-0.4, -0.2) is 15.2 Å². The molecule has 0 heterocycles. The normalized spacial score (nSPS) is 18.0. The number of rotatable bonds is 5. The van der Waals surface area contributed by atoms with Gasteiger partial charge >= 0.3 is 229 Å². The summed E-state index contributed by atoms with van der Waals surface area (Å²) >= 11 is -3.60. The molecule has 2 unspecified atom stereocenters. The Balaban J connectivity index is 1.47. The zero-order valence-corrected chi connectivity index (χ0v) is 27.4. The average Bonchev–Trinajstić information content (AvgIpc) is 3.41. The fourth-order valence-electron chi connectivity index (χ4n) is 6.56. The van der Waals surface area contributed by atoms with Gasteiger partial charge < -0.3 is 0 Å². The Hall–Kier alpha value is -1.96. The Morgan fingerprint density at radius 1 is 0.528 bits per heavy atom. The Morgan fingerprint density at radius 2 is 0.944 bits per heavy atom. The first-order valence-corrected chi connectivity index (χ1v) is 33.7. The molecule has 2 atom stereocenters. The number of hydrogen-bond acceptors (Lipinski definition) is 0. The minimum absolute atomic E-state index is 0.710. The van der Waals surface area contributed by atoms with E-state index in [2.05, 4.69) is 133 Å². The van der Waals surface area contributed by atoms with Gasteiger partial charge in [-0.25, -0.2) is 0 Å². The summed E-state index contributed by atoms with van der Waals surface area (Å²) in [7, 11) is 0. The molecule has 6 rings (SSSR count). The van der Waals surface area contributed by atoms with Crippen molar-refractivity contribution in [3.8, 4) is 22.3 Å². The third kappa shape index (κ3) is 4.17. The second-order valence-electron chi connectivity index (χ2n) is 10.6. The molecule has 2 aliphatic carbocycles. The molecule has 0 nitrogen and oxygen atoms in total. The molecular weight excluding hydrogens is 618 g/mol. The predicted octanol–water partition coefficient (Wildman–Crippen LogP) is 9.24. The summed E-state index contributed by atoms with van der Waals surface area (Å²) in [5.41, 5.74) is 15.0. The first-order chi connectivity index (χ1) is 17.5. The maximum absolute atomic E-state index is 2.72. The van der Waals surface area contributed by atoms with Crippen LogP contribution < -0.4 is 0 Å². The molecule has 4 aromatic rings. The first-order valence-electron chi connectivity index (χ1n) is 13.1. The van der Waals surface area contributed by atoms with E-state index in [-0.39, 0.29) is 0 Å². The molecule has 0 aromatic heterocycles. The Kier molecular flexibility index (Phi) is 6.82. The van der Waals surface area contributed by atoms with E-state index in [1.807, 2.05) is 0 Å². The molecule has 2 aliphatic rings. The molecule has 36 heavy (non-hydrogen) atoms. The van der Waals surface area contributed by atoms with Gasteiger partial charge in [-0.15, -0.1) is 0 Å². The van der Waals surface area contributed by atoms with Gasteiger partial charge in [0.25, 0.3) is 0 Å². The molecule has 4 aromatic carbocycles. The van der Waals surface area contributed by atoms with Crippen molar-refractivity contribution in [1.29, 1.82) is 0 Å². The molecule has 0 fully saturated rings. The molecule has 0 saturated heterocycles. The summed E-state index contributed by atoms with van der Waals surface area (Å²) in [6, 6.07) is 36.1. The van der Waals surface area contributed by atoms with Crippen LogP contribution >= 0.6 is 0 Å². The van der Waals surface area contributed by atoms with Crippen LogP contribution in [0.1, 0.15) is 43.4 Å². The SMILES string of the molecule is CC1=Cc2c(-c3ccccc3)cccc2[CH]1[Zr]([CH]1C(C)=Cc2c(-c3ccccc3)cccc21)[SnH]([CH3])[CH3]. The van der Waals surface area contributed by atoms with Gasteiger partial charge in [0.05, 0.1) is 0 Å². The van der Waals surface area contributed by atoms with Gasteiger partial charge in [0, 0.05) is 0 Å². The van der Waals surface area contributed by atoms with E-state index < -0.39 is 32.8 Å². The number of hydrogen-bond donors (Lipinski definition) is 0. The van der Waals surface area contributed by atoms with Crippen molar-refractivity contribution in [1.82, 2.24) is 0 Å². The fraction of sp³-hybridized carbons (Fsp3) is 0.176. The average molecular weight is 652 g/mol. The van der Waals surface area contributed by atoms with E-state index in [0.717, 1.165) is 0 Å². The number of fused-ring (bicyclic) bond motifs is 2. The summed E-state index contributed by atoms with van der Waals surface area (Å²) in [5.74, 6) is 0. The molecule has 0 radical (unpaired) electrons. The van der Waals surface area contributed by atoms with Crippen LogP contribution in [0.2, 0.25) is 9.88 Å². The predicted molar refractivity (Wildman–Crippen MR) is 155 cm³/mol. The van der Waals surface area contributed by atoms with Gasteiger partial charge in [0.1, 0.15) is 0 Å². The molecule has 0 bridgehead atoms. The Bertz CT molecular complexity index is 1370. The van der Waals surface area contributed by atoms with Gasteiger partial charge in [-0.1, -0.05) is 0 Å². The van der Waals surface area contributed by atoms with Crippen molar-refractivity contribution in [3.63, 3.8) is 0 Å². The Labute approximate surface area is 226 Å². The fourth-order valence-corrected chi connectivity index (χ4v) is 54.1. The van der Waals surface area contributed by atoms with Gasteiger partial charge in [-0.2, -0.15) is 0 Å². The summed E-state index contributed by atoms with van der Waals surface area (Å²) in [6.07, 6.45) is 5.10. The summed E-state index contributed by atoms with van der Waals surface area (Å²) in [5, 5.41) is 0. The minimum atomic E-state index is -1.93. The molecular formula is C34H33SnZr. The van der Waals surface area contributed by atoms with Crippen LogP contribution in [0.4, 0.5) is 0 Å². The third-order valence-corrected chi connectivity index (χ3v) is 52.2. The van der Waals surface area contributed by atoms with Gasteiger partial charge in [0.15, 0.2) is 0 Å². The van der Waals surface area contributed by atoms with E-state index in [1.54, 1.807) is 22.3 Å². The van der Waals surface area contributed by atoms with E-state index in [4.69, 9.17) is 0 Å². The van der Waals surface area contributed by atoms with Crippen LogP contribution in [0.3, 0.4) is 0 Å². The zero-order chi connectivity index (χ0) is 24.8. The molecule has 0 N–H and O–H groups in total. The van der Waals surface area contributed by atoms with Crippen LogP contribution in [0, 0.1) is 0 Å². The van der Waals surface area contributed by atoms with Crippen LogP contribution in [0.5, 0.6) is 0 Å². The second kappa shape index (κ2) is 10.1. The van der Waals surface area contributed by atoms with Crippen LogP contribution in [-0.2, 0) is 17.6 Å². The third-order valence-electron chi connectivity index (χ3n) is 8.06. The van der Waals surface area contributed by atoms with Gasteiger partial charge in [-0.3, -0.25) is 0 Å². The van der Waals surface area contributed by atoms with Crippen molar-refractivity contribution < 1.29 is 17.6 Å². The molecule has 0 amide bonds. The molecule has 177 valence electrons. The number of benzene rings is 4. The maximum atomic E-state index is 2.72. The quantitative estimate of drug-likeness (QED) is 0.189. The van der Waals surface area contributed by atoms with Gasteiger partial charge in [-0.05, 0) is 0 Å². The van der Waals surface area contributed by atoms with Gasteiger partial charge in [0.2, 0.25) is 0 Å². The topological polar surface area (TPSA) is 0 Å². The van der Waals surface area contributed by atoms with Crippen LogP contribution in [0.25, 0.3) is 34.4 Å². The van der Waals surface area contributed by atoms with E-state index >= 15 is 0 Å². The van der Waals surface area contributed by atoms with Crippen molar-refractivity contribution in [2.75, 3.05) is 0 Å². The van der Waals surface area contributed by atoms with Crippen molar-refractivity contribution >= 4 is 27.4 Å². The Morgan fingerprint density at radius 3 is 1.33 bits per heavy atom. The number of allylic oxidation sites excluding steroid dienone is 2. The second-order valence-corrected chi connectivity index (χ2v) is 52.8. The van der Waals surface area contributed by atoms with Crippen molar-refractivity contribution in [2.45, 2.75) is 31.0 Å². The molecule has 0 saturated carbocycles. The van der Waals surface area contributed by atoms with Crippen LogP contribution in [0.15, 0.2) is 108 Å². The van der Waals surface area contributed by atoms with E-state index in [9.17, 15) is 0 Å². The van der Waals surface area contributed by atoms with Crippen molar-refractivity contribution in [2.24, 2.45) is 0 Å².